The van der Waals surface area contributed by atoms with E-state index in [-0.39, 0.29) is 0 Å². The van der Waals surface area contributed by atoms with Gasteiger partial charge >= 0.3 is 0 Å². The lowest BCUT2D eigenvalue weighted by molar-refractivity contribution is 0.243. The van der Waals surface area contributed by atoms with Gasteiger partial charge in [-0.05, 0) is 64.0 Å². The van der Waals surface area contributed by atoms with Crippen LogP contribution in [0.1, 0.15) is 24.8 Å². The molecule has 18 heavy (non-hydrogen) atoms. The van der Waals surface area contributed by atoms with Gasteiger partial charge in [-0.2, -0.15) is 0 Å². The maximum atomic E-state index is 6.04. The molecule has 1 aromatic rings. The summed E-state index contributed by atoms with van der Waals surface area (Å²) in [5, 5.41) is 4.55. The monoisotopic (exact) mass is 266 g/mol. The minimum atomic E-state index is 0.297. The highest BCUT2D eigenvalue weighted by atomic mass is 35.5. The van der Waals surface area contributed by atoms with Crippen molar-refractivity contribution in [3.05, 3.63) is 34.9 Å². The molecule has 0 aliphatic carbocycles. The molecule has 0 aromatic heterocycles. The highest BCUT2D eigenvalue weighted by Gasteiger charge is 2.33. The van der Waals surface area contributed by atoms with E-state index in [1.54, 1.807) is 0 Å². The van der Waals surface area contributed by atoms with E-state index in [1.807, 2.05) is 12.1 Å². The number of benzene rings is 1. The largest absolute Gasteiger partial charge is 0.310 e. The fourth-order valence-corrected chi connectivity index (χ4v) is 3.19. The van der Waals surface area contributed by atoms with Gasteiger partial charge < -0.3 is 10.2 Å². The quantitative estimate of drug-likeness (QED) is 0.882. The van der Waals surface area contributed by atoms with Gasteiger partial charge in [0, 0.05) is 17.1 Å². The van der Waals surface area contributed by atoms with Gasteiger partial charge in [-0.25, -0.2) is 0 Å². The summed E-state index contributed by atoms with van der Waals surface area (Å²) in [5.74, 6) is 0. The predicted octanol–water partition coefficient (Wildman–Crippen LogP) is 2.96. The van der Waals surface area contributed by atoms with E-state index in [9.17, 15) is 0 Å². The Hall–Kier alpha value is -0.570. The van der Waals surface area contributed by atoms with Gasteiger partial charge in [-0.15, -0.1) is 0 Å². The Morgan fingerprint density at radius 3 is 2.83 bits per heavy atom. The summed E-state index contributed by atoms with van der Waals surface area (Å²) in [6.07, 6.45) is 4.86. The Bertz CT molecular complexity index is 384. The zero-order valence-corrected chi connectivity index (χ0v) is 12.1. The van der Waals surface area contributed by atoms with Gasteiger partial charge in [-0.1, -0.05) is 23.7 Å². The first-order valence-electron chi connectivity index (χ1n) is 6.74. The van der Waals surface area contributed by atoms with Crippen LogP contribution in [0.2, 0.25) is 5.02 Å². The molecule has 0 saturated carbocycles. The van der Waals surface area contributed by atoms with Gasteiger partial charge in [0.2, 0.25) is 0 Å². The molecule has 0 spiro atoms. The fourth-order valence-electron chi connectivity index (χ4n) is 2.98. The number of hydrogen-bond acceptors (Lipinski definition) is 2. The summed E-state index contributed by atoms with van der Waals surface area (Å²) in [5.41, 5.74) is 1.64. The summed E-state index contributed by atoms with van der Waals surface area (Å²) in [7, 11) is 4.31. The van der Waals surface area contributed by atoms with Crippen molar-refractivity contribution in [1.82, 2.24) is 10.2 Å². The van der Waals surface area contributed by atoms with Crippen molar-refractivity contribution in [3.63, 3.8) is 0 Å². The van der Waals surface area contributed by atoms with Gasteiger partial charge in [0.15, 0.2) is 0 Å². The molecule has 1 heterocycles. The van der Waals surface area contributed by atoms with E-state index in [1.165, 1.54) is 24.8 Å². The van der Waals surface area contributed by atoms with Crippen molar-refractivity contribution in [2.45, 2.75) is 31.2 Å². The van der Waals surface area contributed by atoms with Gasteiger partial charge in [0.1, 0.15) is 0 Å². The minimum absolute atomic E-state index is 0.297. The first-order valence-corrected chi connectivity index (χ1v) is 7.12. The Balaban J connectivity index is 1.97. The fraction of sp³-hybridized carbons (Fsp3) is 0.600. The topological polar surface area (TPSA) is 15.3 Å². The second kappa shape index (κ2) is 6.05. The van der Waals surface area contributed by atoms with Crippen molar-refractivity contribution in [2.24, 2.45) is 0 Å². The maximum absolute atomic E-state index is 6.04. The molecule has 3 heteroatoms. The highest BCUT2D eigenvalue weighted by Crippen LogP contribution is 2.26. The SMILES string of the molecule is CN(C)CC1(CCc2cccc(Cl)c2)CCCN1. The number of nitrogens with one attached hydrogen (secondary N) is 1. The van der Waals surface area contributed by atoms with Crippen LogP contribution in [-0.2, 0) is 6.42 Å². The molecule has 100 valence electrons. The molecule has 1 aromatic carbocycles. The van der Waals surface area contributed by atoms with E-state index in [2.05, 4.69) is 36.4 Å². The Morgan fingerprint density at radius 2 is 2.22 bits per heavy atom. The van der Waals surface area contributed by atoms with E-state index < -0.39 is 0 Å². The Morgan fingerprint density at radius 1 is 1.39 bits per heavy atom. The zero-order chi connectivity index (χ0) is 13.0. The minimum Gasteiger partial charge on any atom is -0.310 e. The zero-order valence-electron chi connectivity index (χ0n) is 11.4. The third-order valence-electron chi connectivity index (χ3n) is 3.73. The van der Waals surface area contributed by atoms with E-state index in [0.717, 1.165) is 24.5 Å². The van der Waals surface area contributed by atoms with Crippen LogP contribution < -0.4 is 5.32 Å². The molecule has 0 radical (unpaired) electrons. The molecule has 1 aliphatic heterocycles. The van der Waals surface area contributed by atoms with E-state index in [4.69, 9.17) is 11.6 Å². The molecule has 1 aliphatic rings. The Kier molecular flexibility index (Phi) is 4.66. The van der Waals surface area contributed by atoms with E-state index in [0.29, 0.717) is 5.54 Å². The molecule has 1 fully saturated rings. The van der Waals surface area contributed by atoms with Crippen LogP contribution >= 0.6 is 11.6 Å². The molecule has 1 atom stereocenters. The Labute approximate surface area is 115 Å². The standard InChI is InChI=1S/C15H23ClN2/c1-18(2)12-15(8-4-10-17-15)9-7-13-5-3-6-14(16)11-13/h3,5-6,11,17H,4,7-10,12H2,1-2H3. The third kappa shape index (κ3) is 3.71. The van der Waals surface area contributed by atoms with Crippen LogP contribution in [0.5, 0.6) is 0 Å². The number of likely N-dealkylation sites (N-methyl/N-ethyl adjacent to an activating group) is 1. The van der Waals surface area contributed by atoms with Crippen molar-refractivity contribution in [3.8, 4) is 0 Å². The first-order chi connectivity index (χ1) is 8.60. The van der Waals surface area contributed by atoms with Crippen molar-refractivity contribution >= 4 is 11.6 Å². The smallest absolute Gasteiger partial charge is 0.0408 e. The second-order valence-electron chi connectivity index (χ2n) is 5.68. The van der Waals surface area contributed by atoms with Crippen LogP contribution in [0.15, 0.2) is 24.3 Å². The lowest BCUT2D eigenvalue weighted by Crippen LogP contribution is -2.48. The number of halogens is 1. The molecular formula is C15H23ClN2. The van der Waals surface area contributed by atoms with Gasteiger partial charge in [0.05, 0.1) is 0 Å². The summed E-state index contributed by atoms with van der Waals surface area (Å²) < 4.78 is 0. The lowest BCUT2D eigenvalue weighted by atomic mass is 9.89. The normalized spacial score (nSPS) is 23.8. The molecule has 1 unspecified atom stereocenters. The van der Waals surface area contributed by atoms with Crippen LogP contribution in [0, 0.1) is 0 Å². The van der Waals surface area contributed by atoms with Crippen molar-refractivity contribution < 1.29 is 0 Å². The lowest BCUT2D eigenvalue weighted by Gasteiger charge is -2.32. The number of nitrogens with zero attached hydrogens (tertiary/aromatic N) is 1. The number of rotatable bonds is 5. The predicted molar refractivity (Wildman–Crippen MR) is 78.3 cm³/mol. The number of aryl methyl sites for hydroxylation is 1. The van der Waals surface area contributed by atoms with Crippen LogP contribution in [0.4, 0.5) is 0 Å². The van der Waals surface area contributed by atoms with Crippen LogP contribution in [-0.4, -0.2) is 37.6 Å². The molecule has 2 rings (SSSR count). The van der Waals surface area contributed by atoms with Gasteiger partial charge in [0.25, 0.3) is 0 Å². The first kappa shape index (κ1) is 13.9. The van der Waals surface area contributed by atoms with Gasteiger partial charge in [-0.3, -0.25) is 0 Å². The van der Waals surface area contributed by atoms with Crippen molar-refractivity contribution in [1.29, 1.82) is 0 Å². The average molecular weight is 267 g/mol. The van der Waals surface area contributed by atoms with Crippen molar-refractivity contribution in [2.75, 3.05) is 27.2 Å². The molecule has 0 bridgehead atoms. The van der Waals surface area contributed by atoms with E-state index >= 15 is 0 Å². The summed E-state index contributed by atoms with van der Waals surface area (Å²) in [4.78, 5) is 2.29. The molecule has 1 saturated heterocycles. The molecular weight excluding hydrogens is 244 g/mol. The van der Waals surface area contributed by atoms with Crippen LogP contribution in [0.25, 0.3) is 0 Å². The molecule has 0 amide bonds. The summed E-state index contributed by atoms with van der Waals surface area (Å²) >= 11 is 6.04. The maximum Gasteiger partial charge on any atom is 0.0408 e. The highest BCUT2D eigenvalue weighted by molar-refractivity contribution is 6.30. The average Bonchev–Trinajstić information content (AvgIpc) is 2.75. The second-order valence-corrected chi connectivity index (χ2v) is 6.11. The molecule has 1 N–H and O–H groups in total. The summed E-state index contributed by atoms with van der Waals surface area (Å²) in [6, 6.07) is 8.23. The third-order valence-corrected chi connectivity index (χ3v) is 3.97. The summed E-state index contributed by atoms with van der Waals surface area (Å²) in [6.45, 7) is 2.27. The van der Waals surface area contributed by atoms with Crippen LogP contribution in [0.3, 0.4) is 0 Å². The molecule has 2 nitrogen and oxygen atoms in total. The number of hydrogen-bond donors (Lipinski definition) is 1.